The van der Waals surface area contributed by atoms with Gasteiger partial charge in [0, 0.05) is 5.92 Å². The Morgan fingerprint density at radius 3 is 2.40 bits per heavy atom. The number of phenolic OH excluding ortho intramolecular Hbond substituents is 1. The zero-order chi connectivity index (χ0) is 29.8. The molecule has 3 aromatic carbocycles. The fraction of sp³-hybridized carbons (Fsp3) is 0.294. The van der Waals surface area contributed by atoms with Crippen molar-refractivity contribution in [3.63, 3.8) is 0 Å². The Labute approximate surface area is 250 Å². The van der Waals surface area contributed by atoms with Crippen molar-refractivity contribution in [3.05, 3.63) is 106 Å². The van der Waals surface area contributed by atoms with Gasteiger partial charge in [-0.05, 0) is 85.4 Å². The summed E-state index contributed by atoms with van der Waals surface area (Å²) in [6, 6.07) is 22.8. The summed E-state index contributed by atoms with van der Waals surface area (Å²) >= 11 is 6.27. The van der Waals surface area contributed by atoms with E-state index in [1.807, 2.05) is 49.4 Å². The molecule has 7 nitrogen and oxygen atoms in total. The number of anilines is 1. The summed E-state index contributed by atoms with van der Waals surface area (Å²) in [7, 11) is 0. The van der Waals surface area contributed by atoms with Crippen LogP contribution in [0.5, 0.6) is 11.5 Å². The topological polar surface area (TPSA) is 107 Å². The van der Waals surface area contributed by atoms with Crippen molar-refractivity contribution in [2.24, 2.45) is 17.8 Å². The van der Waals surface area contributed by atoms with Crippen LogP contribution in [0.1, 0.15) is 31.7 Å². The number of hydrogen-bond donors (Lipinski definition) is 3. The van der Waals surface area contributed by atoms with Crippen LogP contribution in [0.15, 0.2) is 95.6 Å². The largest absolute Gasteiger partial charge is 0.508 e. The summed E-state index contributed by atoms with van der Waals surface area (Å²) in [6.07, 6.45) is 2.04. The molecule has 1 saturated heterocycles. The highest BCUT2D eigenvalue weighted by Crippen LogP contribution is 2.47. The van der Waals surface area contributed by atoms with Crippen molar-refractivity contribution in [3.8, 4) is 11.5 Å². The number of para-hydroxylation sites is 2. The number of halogens is 1. The number of ether oxygens (including phenoxy) is 1. The van der Waals surface area contributed by atoms with Gasteiger partial charge in [0.2, 0.25) is 11.8 Å². The molecule has 0 bridgehead atoms. The molecular weight excluding hydrogens is 554 g/mol. The van der Waals surface area contributed by atoms with E-state index in [-0.39, 0.29) is 37.2 Å². The van der Waals surface area contributed by atoms with Crippen molar-refractivity contribution < 1.29 is 29.6 Å². The van der Waals surface area contributed by atoms with Gasteiger partial charge >= 0.3 is 0 Å². The van der Waals surface area contributed by atoms with Crippen LogP contribution in [-0.4, -0.2) is 46.5 Å². The SMILES string of the molecule is C/C(=C\c1ccc(O)cc1Cl)CC[C@@H](O)C1=C(COc2ccccc2)C[C@H]2C(=O)N(c3ccccc3)C(=O)[C@H]2[C@H]1CO. The molecular formula is C34H34ClNO6. The molecule has 2 amide bonds. The first-order valence-corrected chi connectivity index (χ1v) is 14.4. The molecule has 0 radical (unpaired) electrons. The maximum absolute atomic E-state index is 13.7. The zero-order valence-electron chi connectivity index (χ0n) is 23.3. The molecule has 0 spiro atoms. The predicted molar refractivity (Wildman–Crippen MR) is 162 cm³/mol. The lowest BCUT2D eigenvalue weighted by molar-refractivity contribution is -0.123. The number of allylic oxidation sites excluding steroid dienone is 1. The maximum atomic E-state index is 13.7. The number of carbonyl (C=O) groups is 2. The quantitative estimate of drug-likeness (QED) is 0.205. The lowest BCUT2D eigenvalue weighted by Gasteiger charge is -2.36. The number of hydrogen-bond acceptors (Lipinski definition) is 6. The highest BCUT2D eigenvalue weighted by Gasteiger charge is 2.55. The van der Waals surface area contributed by atoms with E-state index < -0.39 is 23.9 Å². The van der Waals surface area contributed by atoms with Crippen LogP contribution in [0.25, 0.3) is 6.08 Å². The van der Waals surface area contributed by atoms with Gasteiger partial charge in [-0.1, -0.05) is 59.6 Å². The highest BCUT2D eigenvalue weighted by atomic mass is 35.5. The molecule has 2 aliphatic rings. The molecule has 8 heteroatoms. The zero-order valence-corrected chi connectivity index (χ0v) is 24.1. The Bertz CT molecular complexity index is 1500. The number of amides is 2. The minimum atomic E-state index is -0.968. The van der Waals surface area contributed by atoms with E-state index >= 15 is 0 Å². The van der Waals surface area contributed by atoms with E-state index in [9.17, 15) is 24.9 Å². The normalized spacial score (nSPS) is 21.5. The lowest BCUT2D eigenvalue weighted by atomic mass is 9.68. The van der Waals surface area contributed by atoms with E-state index in [2.05, 4.69) is 0 Å². The summed E-state index contributed by atoms with van der Waals surface area (Å²) in [5.74, 6) is -2.09. The maximum Gasteiger partial charge on any atom is 0.238 e. The molecule has 0 unspecified atom stereocenters. The first kappa shape index (κ1) is 29.6. The second kappa shape index (κ2) is 12.9. The van der Waals surface area contributed by atoms with Gasteiger partial charge in [0.1, 0.15) is 18.1 Å². The number of phenols is 1. The van der Waals surface area contributed by atoms with Gasteiger partial charge in [0.15, 0.2) is 0 Å². The van der Waals surface area contributed by atoms with Crippen molar-refractivity contribution in [1.29, 1.82) is 0 Å². The van der Waals surface area contributed by atoms with Crippen molar-refractivity contribution >= 4 is 35.2 Å². The van der Waals surface area contributed by atoms with Gasteiger partial charge < -0.3 is 20.1 Å². The number of nitrogens with zero attached hydrogens (tertiary/aromatic N) is 1. The van der Waals surface area contributed by atoms with Gasteiger partial charge in [0.05, 0.1) is 35.3 Å². The number of fused-ring (bicyclic) bond motifs is 1. The lowest BCUT2D eigenvalue weighted by Crippen LogP contribution is -2.40. The third-order valence-corrected chi connectivity index (χ3v) is 8.44. The molecule has 1 aliphatic carbocycles. The molecule has 4 atom stereocenters. The van der Waals surface area contributed by atoms with Gasteiger partial charge in [-0.15, -0.1) is 0 Å². The molecule has 0 saturated carbocycles. The molecule has 218 valence electrons. The van der Waals surface area contributed by atoms with Crippen LogP contribution in [-0.2, 0) is 9.59 Å². The Hall–Kier alpha value is -3.91. The highest BCUT2D eigenvalue weighted by molar-refractivity contribution is 6.32. The molecule has 1 aliphatic heterocycles. The number of rotatable bonds is 10. The molecule has 5 rings (SSSR count). The number of aromatic hydroxyl groups is 1. The second-order valence-corrected chi connectivity index (χ2v) is 11.3. The summed E-state index contributed by atoms with van der Waals surface area (Å²) in [5.41, 5.74) is 3.51. The van der Waals surface area contributed by atoms with E-state index in [1.54, 1.807) is 36.4 Å². The second-order valence-electron chi connectivity index (χ2n) is 10.9. The minimum absolute atomic E-state index is 0.0823. The Balaban J connectivity index is 1.43. The molecule has 42 heavy (non-hydrogen) atoms. The molecule has 1 heterocycles. The van der Waals surface area contributed by atoms with Crippen LogP contribution < -0.4 is 9.64 Å². The van der Waals surface area contributed by atoms with E-state index in [0.29, 0.717) is 34.9 Å². The van der Waals surface area contributed by atoms with Gasteiger partial charge in [0.25, 0.3) is 0 Å². The third-order valence-electron chi connectivity index (χ3n) is 8.11. The van der Waals surface area contributed by atoms with Gasteiger partial charge in [-0.3, -0.25) is 14.5 Å². The Kier molecular flexibility index (Phi) is 9.12. The average molecular weight is 588 g/mol. The van der Waals surface area contributed by atoms with Gasteiger partial charge in [-0.2, -0.15) is 0 Å². The van der Waals surface area contributed by atoms with Crippen LogP contribution in [0, 0.1) is 17.8 Å². The number of aliphatic hydroxyl groups excluding tert-OH is 2. The Morgan fingerprint density at radius 2 is 1.74 bits per heavy atom. The summed E-state index contributed by atoms with van der Waals surface area (Å²) in [6.45, 7) is 1.67. The van der Waals surface area contributed by atoms with Crippen LogP contribution in [0.2, 0.25) is 5.02 Å². The van der Waals surface area contributed by atoms with Crippen LogP contribution in [0.4, 0.5) is 5.69 Å². The fourth-order valence-corrected chi connectivity index (χ4v) is 6.33. The number of benzene rings is 3. The minimum Gasteiger partial charge on any atom is -0.508 e. The Morgan fingerprint density at radius 1 is 1.05 bits per heavy atom. The molecule has 3 aromatic rings. The molecule has 3 N–H and O–H groups in total. The summed E-state index contributed by atoms with van der Waals surface area (Å²) in [5, 5.41) is 32.3. The molecule has 0 aromatic heterocycles. The first-order valence-electron chi connectivity index (χ1n) is 14.1. The van der Waals surface area contributed by atoms with Crippen molar-refractivity contribution in [2.75, 3.05) is 18.1 Å². The van der Waals surface area contributed by atoms with Crippen LogP contribution >= 0.6 is 11.6 Å². The van der Waals surface area contributed by atoms with Crippen molar-refractivity contribution in [2.45, 2.75) is 32.3 Å². The number of carbonyl (C=O) groups excluding carboxylic acids is 2. The monoisotopic (exact) mass is 587 g/mol. The molecule has 1 fully saturated rings. The smallest absolute Gasteiger partial charge is 0.238 e. The fourth-order valence-electron chi connectivity index (χ4n) is 6.10. The summed E-state index contributed by atoms with van der Waals surface area (Å²) < 4.78 is 6.06. The summed E-state index contributed by atoms with van der Waals surface area (Å²) in [4.78, 5) is 28.5. The van der Waals surface area contributed by atoms with Gasteiger partial charge in [-0.25, -0.2) is 0 Å². The average Bonchev–Trinajstić information content (AvgIpc) is 3.25. The van der Waals surface area contributed by atoms with E-state index in [1.165, 1.54) is 11.0 Å². The third kappa shape index (κ3) is 6.14. The van der Waals surface area contributed by atoms with Crippen LogP contribution in [0.3, 0.4) is 0 Å². The number of aliphatic hydroxyl groups is 2. The van der Waals surface area contributed by atoms with E-state index in [4.69, 9.17) is 16.3 Å². The standard InChI is InChI=1S/C34H34ClNO6/c1-21(16-22-13-14-25(38)18-29(22)35)12-15-30(39)31-23(20-42-26-10-6-3-7-11-26)17-27-32(28(31)19-37)34(41)36(33(27)40)24-8-4-2-5-9-24/h2-11,13-14,16,18,27-28,30,32,37-39H,12,15,17,19-20H2,1H3/b21-16+/t27-,28+,30-,32-/m1/s1. The van der Waals surface area contributed by atoms with Crippen molar-refractivity contribution in [1.82, 2.24) is 0 Å². The first-order chi connectivity index (χ1) is 20.3. The number of imide groups is 1. The predicted octanol–water partition coefficient (Wildman–Crippen LogP) is 5.78. The van der Waals surface area contributed by atoms with E-state index in [0.717, 1.165) is 16.7 Å².